The van der Waals surface area contributed by atoms with Crippen LogP contribution >= 0.6 is 23.2 Å². The van der Waals surface area contributed by atoms with Crippen molar-refractivity contribution in [3.63, 3.8) is 0 Å². The van der Waals surface area contributed by atoms with Crippen molar-refractivity contribution in [2.75, 3.05) is 0 Å². The highest BCUT2D eigenvalue weighted by Gasteiger charge is 2.28. The minimum atomic E-state index is -0.339. The molecule has 0 heterocycles. The predicted octanol–water partition coefficient (Wildman–Crippen LogP) is 4.46. The molecule has 4 nitrogen and oxygen atoms in total. The molecule has 1 atom stereocenters. The first-order valence-electron chi connectivity index (χ1n) is 6.72. The number of nitriles is 1. The van der Waals surface area contributed by atoms with Crippen molar-refractivity contribution in [2.24, 2.45) is 5.92 Å². The smallest absolute Gasteiger partial charge is 0.255 e. The molecule has 114 valence electrons. The van der Waals surface area contributed by atoms with Crippen LogP contribution in [0.25, 0.3) is 0 Å². The first-order valence-corrected chi connectivity index (χ1v) is 7.48. The second kappa shape index (κ2) is 8.11. The Kier molecular flexibility index (Phi) is 6.80. The zero-order valence-electron chi connectivity index (χ0n) is 12.3. The standard InChI is InChI=1S/C15H18Cl2N2O2/c1-4-15(20)19(13(7-8-18)10(2)3)21-14-6-5-11(16)9-12(14)17/h5-6,9-10,13H,4,7H2,1-3H3. The molecule has 1 aromatic rings. The minimum Gasteiger partial charge on any atom is -0.375 e. The number of carbonyl (C=O) groups excluding carboxylic acids is 1. The van der Waals surface area contributed by atoms with E-state index in [1.807, 2.05) is 13.8 Å². The molecule has 1 aromatic carbocycles. The van der Waals surface area contributed by atoms with Gasteiger partial charge in [0.25, 0.3) is 5.91 Å². The lowest BCUT2D eigenvalue weighted by Crippen LogP contribution is -2.45. The van der Waals surface area contributed by atoms with Gasteiger partial charge in [0.15, 0.2) is 5.75 Å². The lowest BCUT2D eigenvalue weighted by molar-refractivity contribution is -0.168. The highest BCUT2D eigenvalue weighted by molar-refractivity contribution is 6.35. The lowest BCUT2D eigenvalue weighted by atomic mass is 10.0. The van der Waals surface area contributed by atoms with Gasteiger partial charge in [-0.2, -0.15) is 10.3 Å². The summed E-state index contributed by atoms with van der Waals surface area (Å²) in [6.45, 7) is 5.61. The van der Waals surface area contributed by atoms with Gasteiger partial charge in [0.2, 0.25) is 0 Å². The average molecular weight is 329 g/mol. The molecule has 0 bridgehead atoms. The fourth-order valence-corrected chi connectivity index (χ4v) is 2.24. The second-order valence-electron chi connectivity index (χ2n) is 4.91. The Labute approximate surface area is 135 Å². The molecule has 0 spiro atoms. The summed E-state index contributed by atoms with van der Waals surface area (Å²) < 4.78 is 0. The Morgan fingerprint density at radius 2 is 2.10 bits per heavy atom. The van der Waals surface area contributed by atoms with Crippen molar-refractivity contribution in [1.82, 2.24) is 5.06 Å². The van der Waals surface area contributed by atoms with E-state index in [0.29, 0.717) is 15.8 Å². The Morgan fingerprint density at radius 1 is 1.43 bits per heavy atom. The summed E-state index contributed by atoms with van der Waals surface area (Å²) >= 11 is 11.9. The quantitative estimate of drug-likeness (QED) is 0.724. The summed E-state index contributed by atoms with van der Waals surface area (Å²) in [5.41, 5.74) is 0. The van der Waals surface area contributed by atoms with Gasteiger partial charge < -0.3 is 4.84 Å². The van der Waals surface area contributed by atoms with Crippen molar-refractivity contribution in [1.29, 1.82) is 5.26 Å². The fourth-order valence-electron chi connectivity index (χ4n) is 1.80. The van der Waals surface area contributed by atoms with Crippen LogP contribution in [0.5, 0.6) is 5.75 Å². The van der Waals surface area contributed by atoms with Crippen molar-refractivity contribution in [2.45, 2.75) is 39.7 Å². The molecule has 0 fully saturated rings. The van der Waals surface area contributed by atoms with Crippen LogP contribution in [0.15, 0.2) is 18.2 Å². The van der Waals surface area contributed by atoms with Gasteiger partial charge in [-0.25, -0.2) is 0 Å². The predicted molar refractivity (Wildman–Crippen MR) is 83.1 cm³/mol. The van der Waals surface area contributed by atoms with Crippen molar-refractivity contribution in [3.8, 4) is 11.8 Å². The summed E-state index contributed by atoms with van der Waals surface area (Å²) in [4.78, 5) is 17.8. The number of hydrogen-bond acceptors (Lipinski definition) is 3. The van der Waals surface area contributed by atoms with Gasteiger partial charge in [0.1, 0.15) is 0 Å². The molecule has 0 saturated carbocycles. The van der Waals surface area contributed by atoms with Gasteiger partial charge in [-0.3, -0.25) is 4.79 Å². The summed E-state index contributed by atoms with van der Waals surface area (Å²) in [5.74, 6) is 0.215. The zero-order valence-corrected chi connectivity index (χ0v) is 13.8. The van der Waals surface area contributed by atoms with E-state index >= 15 is 0 Å². The maximum atomic E-state index is 12.1. The molecule has 21 heavy (non-hydrogen) atoms. The molecular formula is C15H18Cl2N2O2. The summed E-state index contributed by atoms with van der Waals surface area (Å²) in [7, 11) is 0. The molecule has 0 aliphatic heterocycles. The monoisotopic (exact) mass is 328 g/mol. The Bertz CT molecular complexity index is 541. The van der Waals surface area contributed by atoms with E-state index in [1.54, 1.807) is 25.1 Å². The van der Waals surface area contributed by atoms with Crippen LogP contribution in [0.1, 0.15) is 33.6 Å². The van der Waals surface area contributed by atoms with E-state index < -0.39 is 0 Å². The Morgan fingerprint density at radius 3 is 2.57 bits per heavy atom. The maximum Gasteiger partial charge on any atom is 0.255 e. The number of amides is 1. The molecule has 0 N–H and O–H groups in total. The van der Waals surface area contributed by atoms with Gasteiger partial charge >= 0.3 is 0 Å². The molecule has 0 saturated heterocycles. The van der Waals surface area contributed by atoms with E-state index in [-0.39, 0.29) is 30.7 Å². The van der Waals surface area contributed by atoms with Crippen LogP contribution in [0.2, 0.25) is 10.0 Å². The normalized spacial score (nSPS) is 11.9. The molecule has 0 aromatic heterocycles. The van der Waals surface area contributed by atoms with Crippen LogP contribution in [-0.2, 0) is 4.79 Å². The number of benzene rings is 1. The van der Waals surface area contributed by atoms with Crippen LogP contribution in [0, 0.1) is 17.2 Å². The number of carbonyl (C=O) groups is 1. The van der Waals surface area contributed by atoms with Gasteiger partial charge in [-0.05, 0) is 24.1 Å². The average Bonchev–Trinajstić information content (AvgIpc) is 2.43. The first-order chi connectivity index (χ1) is 9.90. The highest BCUT2D eigenvalue weighted by atomic mass is 35.5. The highest BCUT2D eigenvalue weighted by Crippen LogP contribution is 2.29. The van der Waals surface area contributed by atoms with Crippen LogP contribution in [0.4, 0.5) is 0 Å². The third-order valence-electron chi connectivity index (χ3n) is 3.01. The topological polar surface area (TPSA) is 53.3 Å². The largest absolute Gasteiger partial charge is 0.375 e. The maximum absolute atomic E-state index is 12.1. The minimum absolute atomic E-state index is 0.0752. The van der Waals surface area contributed by atoms with Gasteiger partial charge in [0.05, 0.1) is 23.6 Å². The van der Waals surface area contributed by atoms with Gasteiger partial charge in [-0.15, -0.1) is 0 Å². The SMILES string of the molecule is CCC(=O)N(Oc1ccc(Cl)cc1Cl)C(CC#N)C(C)C. The fraction of sp³-hybridized carbons (Fsp3) is 0.467. The van der Waals surface area contributed by atoms with E-state index in [2.05, 4.69) is 6.07 Å². The van der Waals surface area contributed by atoms with Crippen LogP contribution in [0.3, 0.4) is 0 Å². The summed E-state index contributed by atoms with van der Waals surface area (Å²) in [6, 6.07) is 6.53. The van der Waals surface area contributed by atoms with Crippen LogP contribution in [-0.4, -0.2) is 17.0 Å². The van der Waals surface area contributed by atoms with E-state index in [1.165, 1.54) is 5.06 Å². The molecular weight excluding hydrogens is 311 g/mol. The first kappa shape index (κ1) is 17.6. The third-order valence-corrected chi connectivity index (χ3v) is 3.54. The number of halogens is 2. The number of nitrogens with zero attached hydrogens (tertiary/aromatic N) is 2. The van der Waals surface area contributed by atoms with E-state index in [0.717, 1.165) is 0 Å². The Hall–Kier alpha value is -1.44. The second-order valence-corrected chi connectivity index (χ2v) is 5.76. The molecule has 1 amide bonds. The molecule has 0 aliphatic carbocycles. The van der Waals surface area contributed by atoms with Gasteiger partial charge in [-0.1, -0.05) is 44.0 Å². The molecule has 1 unspecified atom stereocenters. The summed E-state index contributed by atoms with van der Waals surface area (Å²) in [5, 5.41) is 11.0. The molecule has 1 rings (SSSR count). The third kappa shape index (κ3) is 4.80. The summed E-state index contributed by atoms with van der Waals surface area (Å²) in [6.07, 6.45) is 0.467. The lowest BCUT2D eigenvalue weighted by Gasteiger charge is -2.32. The van der Waals surface area contributed by atoms with Crippen molar-refractivity contribution < 1.29 is 9.63 Å². The number of hydrogen-bond donors (Lipinski definition) is 0. The number of rotatable bonds is 6. The molecule has 6 heteroatoms. The van der Waals surface area contributed by atoms with E-state index in [9.17, 15) is 4.79 Å². The molecule has 0 aliphatic rings. The van der Waals surface area contributed by atoms with Crippen LogP contribution < -0.4 is 4.84 Å². The zero-order chi connectivity index (χ0) is 16.0. The Balaban J connectivity index is 3.08. The van der Waals surface area contributed by atoms with Gasteiger partial charge in [0, 0.05) is 11.4 Å². The van der Waals surface area contributed by atoms with Crippen molar-refractivity contribution >= 4 is 29.1 Å². The number of hydroxylamine groups is 2. The van der Waals surface area contributed by atoms with Crippen molar-refractivity contribution in [3.05, 3.63) is 28.2 Å². The van der Waals surface area contributed by atoms with E-state index in [4.69, 9.17) is 33.3 Å². The molecule has 0 radical (unpaired) electrons.